The van der Waals surface area contributed by atoms with Gasteiger partial charge in [-0.3, -0.25) is 4.79 Å². The standard InChI is InChI=1S/C18H19FN2O3/c1-13(2)24-17-9-4-3-6-14(17)11-20-23-12-18(22)21-16-8-5-7-15(19)10-16/h3-11,13H,12H2,1-2H3,(H,21,22)/b20-11+. The molecule has 2 rings (SSSR count). The summed E-state index contributed by atoms with van der Waals surface area (Å²) in [5.74, 6) is -0.165. The summed E-state index contributed by atoms with van der Waals surface area (Å²) < 4.78 is 18.7. The summed E-state index contributed by atoms with van der Waals surface area (Å²) in [5.41, 5.74) is 1.11. The minimum Gasteiger partial charge on any atom is -0.490 e. The van der Waals surface area contributed by atoms with Crippen LogP contribution in [0.3, 0.4) is 0 Å². The number of rotatable bonds is 7. The van der Waals surface area contributed by atoms with E-state index in [4.69, 9.17) is 9.57 Å². The number of halogens is 1. The minimum absolute atomic E-state index is 0.0394. The Morgan fingerprint density at radius 2 is 2.04 bits per heavy atom. The predicted molar refractivity (Wildman–Crippen MR) is 90.8 cm³/mol. The molecule has 0 spiro atoms. The van der Waals surface area contributed by atoms with E-state index in [2.05, 4.69) is 10.5 Å². The first-order valence-corrected chi connectivity index (χ1v) is 7.51. The third kappa shape index (κ3) is 5.72. The smallest absolute Gasteiger partial charge is 0.265 e. The van der Waals surface area contributed by atoms with E-state index >= 15 is 0 Å². The summed E-state index contributed by atoms with van der Waals surface area (Å²) in [5, 5.41) is 6.29. The first kappa shape index (κ1) is 17.5. The normalized spacial score (nSPS) is 10.8. The fourth-order valence-corrected chi connectivity index (χ4v) is 1.90. The summed E-state index contributed by atoms with van der Waals surface area (Å²) in [6.07, 6.45) is 1.52. The highest BCUT2D eigenvalue weighted by atomic mass is 19.1. The van der Waals surface area contributed by atoms with Gasteiger partial charge in [0.2, 0.25) is 0 Å². The number of benzene rings is 2. The number of hydrogen-bond acceptors (Lipinski definition) is 4. The number of para-hydroxylation sites is 1. The zero-order chi connectivity index (χ0) is 17.4. The van der Waals surface area contributed by atoms with Gasteiger partial charge >= 0.3 is 0 Å². The fourth-order valence-electron chi connectivity index (χ4n) is 1.90. The molecule has 0 aliphatic rings. The molecular weight excluding hydrogens is 311 g/mol. The molecule has 0 aliphatic carbocycles. The molecule has 0 bridgehead atoms. The van der Waals surface area contributed by atoms with E-state index in [1.165, 1.54) is 24.4 Å². The maximum absolute atomic E-state index is 13.0. The first-order valence-electron chi connectivity index (χ1n) is 7.51. The third-order valence-corrected chi connectivity index (χ3v) is 2.85. The summed E-state index contributed by atoms with van der Waals surface area (Å²) in [6, 6.07) is 13.0. The second-order valence-electron chi connectivity index (χ2n) is 5.27. The van der Waals surface area contributed by atoms with Gasteiger partial charge in [-0.1, -0.05) is 23.4 Å². The summed E-state index contributed by atoms with van der Waals surface area (Å²) in [4.78, 5) is 16.7. The fraction of sp³-hybridized carbons (Fsp3) is 0.222. The number of anilines is 1. The number of oxime groups is 1. The molecule has 1 N–H and O–H groups in total. The van der Waals surface area contributed by atoms with Gasteiger partial charge in [0, 0.05) is 11.3 Å². The minimum atomic E-state index is -0.426. The molecule has 0 aromatic heterocycles. The van der Waals surface area contributed by atoms with E-state index < -0.39 is 11.7 Å². The Bertz CT molecular complexity index is 717. The lowest BCUT2D eigenvalue weighted by molar-refractivity contribution is -0.120. The Morgan fingerprint density at radius 3 is 2.79 bits per heavy atom. The molecule has 5 nitrogen and oxygen atoms in total. The van der Waals surface area contributed by atoms with Crippen molar-refractivity contribution in [2.45, 2.75) is 20.0 Å². The topological polar surface area (TPSA) is 59.9 Å². The molecule has 24 heavy (non-hydrogen) atoms. The van der Waals surface area contributed by atoms with Gasteiger partial charge in [-0.05, 0) is 44.2 Å². The van der Waals surface area contributed by atoms with E-state index in [1.807, 2.05) is 38.1 Å². The highest BCUT2D eigenvalue weighted by Crippen LogP contribution is 2.17. The van der Waals surface area contributed by atoms with Crippen molar-refractivity contribution in [2.24, 2.45) is 5.16 Å². The van der Waals surface area contributed by atoms with Crippen LogP contribution >= 0.6 is 0 Å². The van der Waals surface area contributed by atoms with Crippen LogP contribution in [0.25, 0.3) is 0 Å². The van der Waals surface area contributed by atoms with E-state index in [-0.39, 0.29) is 12.7 Å². The van der Waals surface area contributed by atoms with E-state index in [0.717, 1.165) is 5.56 Å². The third-order valence-electron chi connectivity index (χ3n) is 2.85. The quantitative estimate of drug-likeness (QED) is 0.623. The van der Waals surface area contributed by atoms with Crippen LogP contribution in [0.5, 0.6) is 5.75 Å². The number of nitrogens with zero attached hydrogens (tertiary/aromatic N) is 1. The molecule has 6 heteroatoms. The van der Waals surface area contributed by atoms with Crippen molar-refractivity contribution in [3.05, 3.63) is 59.9 Å². The van der Waals surface area contributed by atoms with Gasteiger partial charge in [0.15, 0.2) is 6.61 Å². The van der Waals surface area contributed by atoms with Gasteiger partial charge in [0.1, 0.15) is 11.6 Å². The van der Waals surface area contributed by atoms with Crippen LogP contribution in [0.15, 0.2) is 53.7 Å². The summed E-state index contributed by atoms with van der Waals surface area (Å²) in [6.45, 7) is 3.59. The van der Waals surface area contributed by atoms with E-state index in [1.54, 1.807) is 6.07 Å². The monoisotopic (exact) mass is 330 g/mol. The average molecular weight is 330 g/mol. The van der Waals surface area contributed by atoms with Gasteiger partial charge in [-0.2, -0.15) is 0 Å². The molecule has 0 saturated heterocycles. The molecular formula is C18H19FN2O3. The SMILES string of the molecule is CC(C)Oc1ccccc1/C=N/OCC(=O)Nc1cccc(F)c1. The Morgan fingerprint density at radius 1 is 1.25 bits per heavy atom. The Labute approximate surface area is 140 Å². The van der Waals surface area contributed by atoms with Crippen LogP contribution in [-0.2, 0) is 9.63 Å². The lowest BCUT2D eigenvalue weighted by Crippen LogP contribution is -2.17. The van der Waals surface area contributed by atoms with Gasteiger partial charge in [0.05, 0.1) is 12.3 Å². The maximum Gasteiger partial charge on any atom is 0.265 e. The van der Waals surface area contributed by atoms with Crippen LogP contribution in [0.1, 0.15) is 19.4 Å². The van der Waals surface area contributed by atoms with Gasteiger partial charge in [0.25, 0.3) is 5.91 Å². The van der Waals surface area contributed by atoms with Crippen molar-refractivity contribution in [1.29, 1.82) is 0 Å². The van der Waals surface area contributed by atoms with Gasteiger partial charge < -0.3 is 14.9 Å². The summed E-state index contributed by atoms with van der Waals surface area (Å²) >= 11 is 0. The molecule has 2 aromatic carbocycles. The molecule has 0 atom stereocenters. The largest absolute Gasteiger partial charge is 0.490 e. The Hall–Kier alpha value is -2.89. The molecule has 0 heterocycles. The number of hydrogen-bond donors (Lipinski definition) is 1. The van der Waals surface area contributed by atoms with Crippen LogP contribution in [0.2, 0.25) is 0 Å². The number of carbonyl (C=O) groups is 1. The van der Waals surface area contributed by atoms with Gasteiger partial charge in [-0.25, -0.2) is 4.39 Å². The van der Waals surface area contributed by atoms with Crippen LogP contribution in [0.4, 0.5) is 10.1 Å². The number of amides is 1. The second-order valence-corrected chi connectivity index (χ2v) is 5.27. The highest BCUT2D eigenvalue weighted by Gasteiger charge is 2.05. The van der Waals surface area contributed by atoms with E-state index in [9.17, 15) is 9.18 Å². The lowest BCUT2D eigenvalue weighted by atomic mass is 10.2. The maximum atomic E-state index is 13.0. The number of carbonyl (C=O) groups excluding carboxylic acids is 1. The molecule has 126 valence electrons. The van der Waals surface area contributed by atoms with Crippen molar-refractivity contribution < 1.29 is 18.8 Å². The molecule has 2 aromatic rings. The first-order chi connectivity index (χ1) is 11.5. The van der Waals surface area contributed by atoms with Crippen molar-refractivity contribution in [3.63, 3.8) is 0 Å². The zero-order valence-corrected chi connectivity index (χ0v) is 13.5. The summed E-state index contributed by atoms with van der Waals surface area (Å²) in [7, 11) is 0. The Kier molecular flexibility index (Phi) is 6.31. The second kappa shape index (κ2) is 8.67. The number of nitrogens with one attached hydrogen (secondary N) is 1. The zero-order valence-electron chi connectivity index (χ0n) is 13.5. The lowest BCUT2D eigenvalue weighted by Gasteiger charge is -2.11. The van der Waals surface area contributed by atoms with Crippen molar-refractivity contribution in [1.82, 2.24) is 0 Å². The van der Waals surface area contributed by atoms with Crippen molar-refractivity contribution in [3.8, 4) is 5.75 Å². The highest BCUT2D eigenvalue weighted by molar-refractivity contribution is 5.91. The van der Waals surface area contributed by atoms with Crippen LogP contribution in [0, 0.1) is 5.82 Å². The Balaban J connectivity index is 1.85. The molecule has 1 amide bonds. The van der Waals surface area contributed by atoms with Crippen molar-refractivity contribution >= 4 is 17.8 Å². The van der Waals surface area contributed by atoms with Crippen molar-refractivity contribution in [2.75, 3.05) is 11.9 Å². The molecule has 0 radical (unpaired) electrons. The van der Waals surface area contributed by atoms with Crippen LogP contribution in [-0.4, -0.2) is 24.8 Å². The van der Waals surface area contributed by atoms with Gasteiger partial charge in [-0.15, -0.1) is 0 Å². The van der Waals surface area contributed by atoms with Crippen LogP contribution < -0.4 is 10.1 Å². The number of ether oxygens (including phenoxy) is 1. The predicted octanol–water partition coefficient (Wildman–Crippen LogP) is 3.60. The van der Waals surface area contributed by atoms with E-state index in [0.29, 0.717) is 11.4 Å². The molecule has 0 fully saturated rings. The molecule has 0 unspecified atom stereocenters. The average Bonchev–Trinajstić information content (AvgIpc) is 2.52. The molecule has 0 aliphatic heterocycles. The molecule has 0 saturated carbocycles.